The number of nitrogens with zero attached hydrogens (tertiary/aromatic N) is 1. The molecule has 1 saturated carbocycles. The molecule has 1 fully saturated rings. The Hall–Kier alpha value is -3.98. The first kappa shape index (κ1) is 28.5. The Morgan fingerprint density at radius 3 is 2.54 bits per heavy atom. The van der Waals surface area contributed by atoms with E-state index in [0.29, 0.717) is 11.6 Å². The van der Waals surface area contributed by atoms with Gasteiger partial charge in [0.15, 0.2) is 0 Å². The number of alkyl halides is 1. The van der Waals surface area contributed by atoms with Crippen molar-refractivity contribution in [1.29, 1.82) is 0 Å². The fraction of sp³-hybridized carbons (Fsp3) is 0.406. The second kappa shape index (κ2) is 11.1. The molecule has 3 aromatic heterocycles. The number of aliphatic hydroxyl groups is 1. The number of H-pyrrole nitrogens is 2. The Labute approximate surface area is 238 Å². The number of ether oxygens (including phenoxy) is 1. The van der Waals surface area contributed by atoms with Gasteiger partial charge in [0.2, 0.25) is 0 Å². The van der Waals surface area contributed by atoms with Crippen LogP contribution >= 0.6 is 0 Å². The first-order chi connectivity index (χ1) is 19.4. The first-order valence-electron chi connectivity index (χ1n) is 14.0. The molecular formula is C32H37FN4O4. The van der Waals surface area contributed by atoms with E-state index >= 15 is 0 Å². The van der Waals surface area contributed by atoms with E-state index in [-0.39, 0.29) is 29.8 Å². The average molecular weight is 561 g/mol. The molecule has 0 radical (unpaired) electrons. The molecule has 0 bridgehead atoms. The van der Waals surface area contributed by atoms with Crippen molar-refractivity contribution < 1.29 is 23.8 Å². The van der Waals surface area contributed by atoms with Gasteiger partial charge in [-0.3, -0.25) is 4.79 Å². The minimum atomic E-state index is -1.66. The highest BCUT2D eigenvalue weighted by Crippen LogP contribution is 2.43. The summed E-state index contributed by atoms with van der Waals surface area (Å²) in [5, 5.41) is 13.9. The van der Waals surface area contributed by atoms with Crippen molar-refractivity contribution >= 4 is 28.9 Å². The SMILES string of the molecule is CC(C)(O)COc1ccc2c(-c3ccc(NC(=O)c4cccc(C(C)(C)F)n4)[nH]3)c(C3CCC(C=O)CC3)[nH]c2c1. The van der Waals surface area contributed by atoms with E-state index in [4.69, 9.17) is 4.74 Å². The number of benzene rings is 1. The van der Waals surface area contributed by atoms with E-state index in [1.807, 2.05) is 24.3 Å². The topological polar surface area (TPSA) is 120 Å². The van der Waals surface area contributed by atoms with Gasteiger partial charge in [-0.25, -0.2) is 9.37 Å². The molecule has 4 N–H and O–H groups in total. The molecule has 0 spiro atoms. The summed E-state index contributed by atoms with van der Waals surface area (Å²) < 4.78 is 20.2. The number of halogens is 1. The van der Waals surface area contributed by atoms with Crippen LogP contribution in [0.3, 0.4) is 0 Å². The fourth-order valence-corrected chi connectivity index (χ4v) is 5.38. The number of pyridine rings is 1. The molecule has 216 valence electrons. The maximum atomic E-state index is 14.4. The van der Waals surface area contributed by atoms with E-state index in [0.717, 1.165) is 59.8 Å². The number of aromatic amines is 2. The van der Waals surface area contributed by atoms with Crippen LogP contribution in [0.4, 0.5) is 10.2 Å². The van der Waals surface area contributed by atoms with Gasteiger partial charge in [-0.1, -0.05) is 6.07 Å². The summed E-state index contributed by atoms with van der Waals surface area (Å²) in [5.41, 5.74) is 1.51. The Kier molecular flexibility index (Phi) is 7.74. The van der Waals surface area contributed by atoms with Gasteiger partial charge >= 0.3 is 0 Å². The van der Waals surface area contributed by atoms with Crippen molar-refractivity contribution in [1.82, 2.24) is 15.0 Å². The lowest BCUT2D eigenvalue weighted by Gasteiger charge is -2.25. The van der Waals surface area contributed by atoms with Crippen molar-refractivity contribution in [2.24, 2.45) is 5.92 Å². The number of fused-ring (bicyclic) bond motifs is 1. The average Bonchev–Trinajstić information content (AvgIpc) is 3.55. The zero-order valence-corrected chi connectivity index (χ0v) is 23.9. The third-order valence-electron chi connectivity index (χ3n) is 7.56. The quantitative estimate of drug-likeness (QED) is 0.171. The summed E-state index contributed by atoms with van der Waals surface area (Å²) in [4.78, 5) is 35.5. The van der Waals surface area contributed by atoms with Gasteiger partial charge in [-0.2, -0.15) is 0 Å². The highest BCUT2D eigenvalue weighted by Gasteiger charge is 2.28. The van der Waals surface area contributed by atoms with Crippen molar-refractivity contribution in [2.75, 3.05) is 11.9 Å². The normalized spacial score (nSPS) is 17.9. The summed E-state index contributed by atoms with van der Waals surface area (Å²) in [6.45, 7) is 6.36. The van der Waals surface area contributed by atoms with Crippen LogP contribution in [-0.2, 0) is 10.5 Å². The van der Waals surface area contributed by atoms with Gasteiger partial charge in [0.1, 0.15) is 35.8 Å². The summed E-state index contributed by atoms with van der Waals surface area (Å²) in [7, 11) is 0. The predicted octanol–water partition coefficient (Wildman–Crippen LogP) is 6.64. The van der Waals surface area contributed by atoms with E-state index in [1.165, 1.54) is 13.8 Å². The zero-order chi connectivity index (χ0) is 29.4. The highest BCUT2D eigenvalue weighted by molar-refractivity contribution is 6.03. The van der Waals surface area contributed by atoms with Gasteiger partial charge in [-0.15, -0.1) is 0 Å². The monoisotopic (exact) mass is 560 g/mol. The standard InChI is InChI=1S/C32H37FN4O4/c1-31(2,40)18-41-21-12-13-22-25(16-21)36-29(20-10-8-19(17-38)9-11-20)28(22)23-14-15-27(35-23)37-30(39)24-6-5-7-26(34-24)32(3,4)33/h5-7,12-17,19-20,35-36,40H,8-11,18H2,1-4H3,(H,37,39). The van der Waals surface area contributed by atoms with Gasteiger partial charge in [0, 0.05) is 39.8 Å². The van der Waals surface area contributed by atoms with Crippen molar-refractivity contribution in [2.45, 2.75) is 70.6 Å². The lowest BCUT2D eigenvalue weighted by molar-refractivity contribution is -0.111. The Balaban J connectivity index is 1.46. The summed E-state index contributed by atoms with van der Waals surface area (Å²) in [5.74, 6) is 1.04. The zero-order valence-electron chi connectivity index (χ0n) is 23.9. The number of hydrogen-bond donors (Lipinski definition) is 4. The number of amides is 1. The van der Waals surface area contributed by atoms with Crippen LogP contribution in [-0.4, -0.2) is 44.5 Å². The van der Waals surface area contributed by atoms with Crippen LogP contribution < -0.4 is 10.1 Å². The maximum absolute atomic E-state index is 14.4. The Morgan fingerprint density at radius 2 is 1.85 bits per heavy atom. The molecule has 1 aliphatic carbocycles. The number of anilines is 1. The highest BCUT2D eigenvalue weighted by atomic mass is 19.1. The van der Waals surface area contributed by atoms with E-state index in [2.05, 4.69) is 20.3 Å². The van der Waals surface area contributed by atoms with Crippen LogP contribution in [0, 0.1) is 5.92 Å². The summed E-state index contributed by atoms with van der Waals surface area (Å²) in [6.07, 6.45) is 4.53. The minimum absolute atomic E-state index is 0.100. The number of aldehydes is 1. The number of aromatic nitrogens is 3. The van der Waals surface area contributed by atoms with E-state index in [9.17, 15) is 19.1 Å². The molecule has 8 nitrogen and oxygen atoms in total. The molecule has 9 heteroatoms. The molecule has 1 aliphatic rings. The van der Waals surface area contributed by atoms with Crippen LogP contribution in [0.5, 0.6) is 5.75 Å². The lowest BCUT2D eigenvalue weighted by atomic mass is 9.80. The lowest BCUT2D eigenvalue weighted by Crippen LogP contribution is -2.27. The Bertz CT molecular complexity index is 1550. The van der Waals surface area contributed by atoms with Crippen molar-refractivity contribution in [3.05, 3.63) is 65.6 Å². The molecule has 1 amide bonds. The van der Waals surface area contributed by atoms with Gasteiger partial charge < -0.3 is 29.9 Å². The first-order valence-corrected chi connectivity index (χ1v) is 14.0. The molecule has 0 saturated heterocycles. The maximum Gasteiger partial charge on any atom is 0.275 e. The number of hydrogen-bond acceptors (Lipinski definition) is 5. The fourth-order valence-electron chi connectivity index (χ4n) is 5.38. The number of carbonyl (C=O) groups excluding carboxylic acids is 2. The minimum Gasteiger partial charge on any atom is -0.491 e. The molecule has 0 unspecified atom stereocenters. The van der Waals surface area contributed by atoms with Crippen LogP contribution in [0.15, 0.2) is 48.5 Å². The van der Waals surface area contributed by atoms with Gasteiger partial charge in [-0.05, 0) is 95.7 Å². The largest absolute Gasteiger partial charge is 0.491 e. The summed E-state index contributed by atoms with van der Waals surface area (Å²) in [6, 6.07) is 14.3. The van der Waals surface area contributed by atoms with E-state index in [1.54, 1.807) is 38.1 Å². The van der Waals surface area contributed by atoms with E-state index < -0.39 is 17.2 Å². The molecule has 1 aromatic carbocycles. The second-order valence-corrected chi connectivity index (χ2v) is 12.1. The third-order valence-corrected chi connectivity index (χ3v) is 7.56. The molecule has 4 aromatic rings. The van der Waals surface area contributed by atoms with Crippen LogP contribution in [0.2, 0.25) is 0 Å². The predicted molar refractivity (Wildman–Crippen MR) is 157 cm³/mol. The molecule has 41 heavy (non-hydrogen) atoms. The molecule has 5 rings (SSSR count). The van der Waals surface area contributed by atoms with Crippen LogP contribution in [0.25, 0.3) is 22.2 Å². The number of nitrogens with one attached hydrogen (secondary N) is 3. The number of carbonyl (C=O) groups is 2. The van der Waals surface area contributed by atoms with Crippen LogP contribution in [0.1, 0.15) is 81.2 Å². The molecule has 0 atom stereocenters. The van der Waals surface area contributed by atoms with Gasteiger partial charge in [0.05, 0.1) is 11.3 Å². The second-order valence-electron chi connectivity index (χ2n) is 12.1. The summed E-state index contributed by atoms with van der Waals surface area (Å²) >= 11 is 0. The molecule has 0 aliphatic heterocycles. The third kappa shape index (κ3) is 6.51. The van der Waals surface area contributed by atoms with Gasteiger partial charge in [0.25, 0.3) is 5.91 Å². The molecular weight excluding hydrogens is 523 g/mol. The smallest absolute Gasteiger partial charge is 0.275 e. The molecule has 3 heterocycles. The Morgan fingerprint density at radius 1 is 1.10 bits per heavy atom. The number of rotatable bonds is 9. The van der Waals surface area contributed by atoms with Crippen molar-refractivity contribution in [3.8, 4) is 17.0 Å². The van der Waals surface area contributed by atoms with Crippen molar-refractivity contribution in [3.63, 3.8) is 0 Å².